The maximum absolute atomic E-state index is 11.4. The topological polar surface area (TPSA) is 40.5 Å². The Kier molecular flexibility index (Phi) is 9.15. The van der Waals surface area contributed by atoms with Crippen LogP contribution in [0, 0.1) is 0 Å². The van der Waals surface area contributed by atoms with Crippen molar-refractivity contribution in [2.45, 2.75) is 25.7 Å². The molecular weight excluding hydrogens is 585 g/mol. The second kappa shape index (κ2) is 14.3. The Labute approximate surface area is 283 Å². The normalized spacial score (nSPS) is 11.0. The van der Waals surface area contributed by atoms with Gasteiger partial charge in [0.1, 0.15) is 11.5 Å². The Morgan fingerprint density at radius 2 is 0.500 bits per heavy atom. The molecule has 0 heterocycles. The fraction of sp³-hybridized carbons (Fsp3) is 0.0870. The van der Waals surface area contributed by atoms with Crippen molar-refractivity contribution in [3.63, 3.8) is 0 Å². The highest BCUT2D eigenvalue weighted by atomic mass is 16.3. The Bertz CT molecular complexity index is 1820. The molecule has 234 valence electrons. The first-order chi connectivity index (χ1) is 23.6. The molecule has 2 N–H and O–H groups in total. The Balaban J connectivity index is 1.25. The van der Waals surface area contributed by atoms with Gasteiger partial charge in [-0.3, -0.25) is 0 Å². The Morgan fingerprint density at radius 1 is 0.271 bits per heavy atom. The van der Waals surface area contributed by atoms with E-state index in [4.69, 9.17) is 0 Å². The summed E-state index contributed by atoms with van der Waals surface area (Å²) in [5.74, 6) is 0.730. The summed E-state index contributed by atoms with van der Waals surface area (Å²) in [5.41, 5.74) is 12.7. The molecule has 0 aliphatic heterocycles. The van der Waals surface area contributed by atoms with E-state index in [1.165, 1.54) is 0 Å². The molecule has 0 amide bonds. The van der Waals surface area contributed by atoms with Crippen molar-refractivity contribution in [2.75, 3.05) is 0 Å². The van der Waals surface area contributed by atoms with E-state index in [0.29, 0.717) is 37.2 Å². The first kappa shape index (κ1) is 30.8. The molecule has 7 rings (SSSR count). The van der Waals surface area contributed by atoms with Crippen molar-refractivity contribution in [2.24, 2.45) is 0 Å². The van der Waals surface area contributed by atoms with Gasteiger partial charge in [0, 0.05) is 25.7 Å². The molecule has 0 unspecified atom stereocenters. The number of phenols is 2. The van der Waals surface area contributed by atoms with E-state index in [2.05, 4.69) is 97.1 Å². The third kappa shape index (κ3) is 7.24. The first-order valence-corrected chi connectivity index (χ1v) is 16.5. The van der Waals surface area contributed by atoms with Crippen LogP contribution in [0.15, 0.2) is 170 Å². The Hall–Kier alpha value is -5.86. The van der Waals surface area contributed by atoms with Gasteiger partial charge in [-0.15, -0.1) is 0 Å². The molecule has 0 saturated carbocycles. The molecule has 48 heavy (non-hydrogen) atoms. The van der Waals surface area contributed by atoms with Gasteiger partial charge < -0.3 is 10.2 Å². The summed E-state index contributed by atoms with van der Waals surface area (Å²) in [5, 5.41) is 22.9. The van der Waals surface area contributed by atoms with Crippen LogP contribution in [0.25, 0.3) is 22.3 Å². The van der Waals surface area contributed by atoms with E-state index in [1.807, 2.05) is 72.8 Å². The third-order valence-electron chi connectivity index (χ3n) is 9.04. The first-order valence-electron chi connectivity index (χ1n) is 16.5. The quantitative estimate of drug-likeness (QED) is 0.159. The molecule has 0 radical (unpaired) electrons. The summed E-state index contributed by atoms with van der Waals surface area (Å²) in [7, 11) is 0. The zero-order valence-electron chi connectivity index (χ0n) is 26.9. The molecular formula is C46H38O2. The molecule has 0 aromatic heterocycles. The van der Waals surface area contributed by atoms with Crippen LogP contribution in [-0.2, 0) is 25.7 Å². The summed E-state index contributed by atoms with van der Waals surface area (Å²) in [6.45, 7) is 0. The van der Waals surface area contributed by atoms with Crippen LogP contribution in [0.1, 0.15) is 44.5 Å². The smallest absolute Gasteiger partial charge is 0.122 e. The molecule has 7 aromatic rings. The molecule has 0 spiro atoms. The van der Waals surface area contributed by atoms with Gasteiger partial charge >= 0.3 is 0 Å². The monoisotopic (exact) mass is 622 g/mol. The van der Waals surface area contributed by atoms with Crippen LogP contribution in [-0.4, -0.2) is 10.2 Å². The summed E-state index contributed by atoms with van der Waals surface area (Å²) >= 11 is 0. The average molecular weight is 623 g/mol. The number of benzene rings is 7. The lowest BCUT2D eigenvalue weighted by Crippen LogP contribution is -1.97. The molecule has 0 bridgehead atoms. The number of hydrogen-bond acceptors (Lipinski definition) is 2. The molecule has 2 heteroatoms. The van der Waals surface area contributed by atoms with E-state index in [9.17, 15) is 10.2 Å². The number of phenolic OH excluding ortho intramolecular Hbond substituents is 2. The third-order valence-corrected chi connectivity index (χ3v) is 9.04. The van der Waals surface area contributed by atoms with Crippen LogP contribution in [0.5, 0.6) is 11.5 Å². The number of rotatable bonds is 10. The van der Waals surface area contributed by atoms with Crippen molar-refractivity contribution in [3.8, 4) is 33.8 Å². The predicted octanol–water partition coefficient (Wildman–Crippen LogP) is 10.8. The van der Waals surface area contributed by atoms with Crippen LogP contribution < -0.4 is 0 Å². The molecule has 0 atom stereocenters. The zero-order valence-corrected chi connectivity index (χ0v) is 26.9. The van der Waals surface area contributed by atoms with Crippen LogP contribution in [0.2, 0.25) is 0 Å². The highest BCUT2D eigenvalue weighted by molar-refractivity contribution is 5.74. The minimum atomic E-state index is 0.365. The van der Waals surface area contributed by atoms with E-state index in [0.717, 1.165) is 66.8 Å². The van der Waals surface area contributed by atoms with Crippen LogP contribution in [0.3, 0.4) is 0 Å². The second-order valence-electron chi connectivity index (χ2n) is 12.5. The SMILES string of the molecule is Oc1c(Cc2ccccc2)cc(-c2ccc(-c3cc(Cc4ccccc4)c(O)c(Cc4ccccc4)c3)cc2)cc1Cc1ccccc1. The summed E-state index contributed by atoms with van der Waals surface area (Å²) in [4.78, 5) is 0. The van der Waals surface area contributed by atoms with E-state index in [-0.39, 0.29) is 0 Å². The van der Waals surface area contributed by atoms with Gasteiger partial charge in [-0.25, -0.2) is 0 Å². The summed E-state index contributed by atoms with van der Waals surface area (Å²) < 4.78 is 0. The van der Waals surface area contributed by atoms with Gasteiger partial charge in [0.25, 0.3) is 0 Å². The molecule has 0 aliphatic rings. The largest absolute Gasteiger partial charge is 0.507 e. The van der Waals surface area contributed by atoms with Crippen molar-refractivity contribution in [1.29, 1.82) is 0 Å². The van der Waals surface area contributed by atoms with Crippen molar-refractivity contribution in [3.05, 3.63) is 214 Å². The highest BCUT2D eigenvalue weighted by Crippen LogP contribution is 2.36. The number of hydrogen-bond donors (Lipinski definition) is 2. The van der Waals surface area contributed by atoms with Crippen molar-refractivity contribution < 1.29 is 10.2 Å². The van der Waals surface area contributed by atoms with E-state index < -0.39 is 0 Å². The molecule has 0 fully saturated rings. The van der Waals surface area contributed by atoms with Gasteiger partial charge in [0.05, 0.1) is 0 Å². The fourth-order valence-corrected chi connectivity index (χ4v) is 6.51. The van der Waals surface area contributed by atoms with Crippen molar-refractivity contribution in [1.82, 2.24) is 0 Å². The predicted molar refractivity (Wildman–Crippen MR) is 198 cm³/mol. The number of aromatic hydroxyl groups is 2. The molecule has 0 saturated heterocycles. The maximum Gasteiger partial charge on any atom is 0.122 e. The lowest BCUT2D eigenvalue weighted by Gasteiger charge is -2.16. The second-order valence-corrected chi connectivity index (χ2v) is 12.5. The minimum Gasteiger partial charge on any atom is -0.507 e. The highest BCUT2D eigenvalue weighted by Gasteiger charge is 2.15. The molecule has 2 nitrogen and oxygen atoms in total. The van der Waals surface area contributed by atoms with Gasteiger partial charge in [0.15, 0.2) is 0 Å². The van der Waals surface area contributed by atoms with Crippen LogP contribution >= 0.6 is 0 Å². The zero-order chi connectivity index (χ0) is 32.7. The maximum atomic E-state index is 11.4. The standard InChI is InChI=1S/C46H38O2/c47-45-41(25-33-13-5-1-6-14-33)29-39(30-42(45)26-34-15-7-2-8-16-34)37-21-23-38(24-22-37)40-31-43(27-35-17-9-3-10-18-35)46(48)44(32-40)28-36-19-11-4-12-20-36/h1-24,29-32,47-48H,25-28H2. The fourth-order valence-electron chi connectivity index (χ4n) is 6.51. The average Bonchev–Trinajstić information content (AvgIpc) is 3.13. The van der Waals surface area contributed by atoms with E-state index >= 15 is 0 Å². The summed E-state index contributed by atoms with van der Waals surface area (Å²) in [6, 6.07) is 58.4. The van der Waals surface area contributed by atoms with Gasteiger partial charge in [-0.05, 0) is 91.0 Å². The Morgan fingerprint density at radius 3 is 0.729 bits per heavy atom. The molecule has 7 aromatic carbocycles. The van der Waals surface area contributed by atoms with Crippen LogP contribution in [0.4, 0.5) is 0 Å². The van der Waals surface area contributed by atoms with Gasteiger partial charge in [-0.1, -0.05) is 146 Å². The molecule has 0 aliphatic carbocycles. The summed E-state index contributed by atoms with van der Waals surface area (Å²) in [6.07, 6.45) is 2.62. The van der Waals surface area contributed by atoms with E-state index in [1.54, 1.807) is 0 Å². The van der Waals surface area contributed by atoms with Gasteiger partial charge in [0.2, 0.25) is 0 Å². The minimum absolute atomic E-state index is 0.365. The lowest BCUT2D eigenvalue weighted by molar-refractivity contribution is 0.463. The lowest BCUT2D eigenvalue weighted by atomic mass is 9.90. The van der Waals surface area contributed by atoms with Gasteiger partial charge in [-0.2, -0.15) is 0 Å². The van der Waals surface area contributed by atoms with Crippen molar-refractivity contribution >= 4 is 0 Å².